The maximum absolute atomic E-state index is 9.58. The van der Waals surface area contributed by atoms with Crippen molar-refractivity contribution in [2.24, 2.45) is 0 Å². The van der Waals surface area contributed by atoms with Crippen LogP contribution in [0.25, 0.3) is 0 Å². The Balaban J connectivity index is 2.08. The van der Waals surface area contributed by atoms with Gasteiger partial charge in [0.15, 0.2) is 0 Å². The Kier molecular flexibility index (Phi) is 3.80. The average molecular weight is 298 g/mol. The molecule has 0 spiro atoms. The van der Waals surface area contributed by atoms with Gasteiger partial charge in [0, 0.05) is 17.9 Å². The van der Waals surface area contributed by atoms with Crippen LogP contribution in [0.3, 0.4) is 0 Å². The second-order valence-corrected chi connectivity index (χ2v) is 5.58. The highest BCUT2D eigenvalue weighted by Crippen LogP contribution is 2.35. The Labute approximate surface area is 130 Å². The van der Waals surface area contributed by atoms with E-state index in [1.807, 2.05) is 32.0 Å². The maximum Gasteiger partial charge on any atom is 0.488 e. The Bertz CT molecular complexity index is 719. The molecule has 1 aromatic carbocycles. The topological polar surface area (TPSA) is 65.8 Å². The highest BCUT2D eigenvalue weighted by atomic mass is 16.5. The molecule has 0 amide bonds. The van der Waals surface area contributed by atoms with E-state index >= 15 is 0 Å². The van der Waals surface area contributed by atoms with Crippen LogP contribution >= 0.6 is 0 Å². The van der Waals surface area contributed by atoms with Crippen molar-refractivity contribution in [3.63, 3.8) is 0 Å². The van der Waals surface area contributed by atoms with E-state index in [2.05, 4.69) is 9.88 Å². The predicted octanol–water partition coefficient (Wildman–Crippen LogP) is 1.08. The number of rotatable bonds is 3. The first-order valence-electron chi connectivity index (χ1n) is 7.30. The van der Waals surface area contributed by atoms with Crippen LogP contribution in [-0.2, 0) is 6.42 Å². The molecule has 0 atom stereocenters. The van der Waals surface area contributed by atoms with Gasteiger partial charge in [0.1, 0.15) is 11.6 Å². The average Bonchev–Trinajstić information content (AvgIpc) is 2.89. The molecule has 2 N–H and O–H groups in total. The first kappa shape index (κ1) is 14.9. The molecule has 22 heavy (non-hydrogen) atoms. The van der Waals surface area contributed by atoms with E-state index in [0.29, 0.717) is 5.46 Å². The van der Waals surface area contributed by atoms with Gasteiger partial charge in [-0.1, -0.05) is 0 Å². The van der Waals surface area contributed by atoms with Crippen molar-refractivity contribution in [2.75, 3.05) is 18.6 Å². The number of aryl methyl sites for hydroxylation is 2. The van der Waals surface area contributed by atoms with E-state index in [0.717, 1.165) is 47.0 Å². The lowest BCUT2D eigenvalue weighted by Crippen LogP contribution is -2.33. The fraction of sp³-hybridized carbons (Fsp3) is 0.312. The Morgan fingerprint density at radius 1 is 1.23 bits per heavy atom. The highest BCUT2D eigenvalue weighted by Gasteiger charge is 2.29. The number of fused-ring (bicyclic) bond motifs is 1. The molecular weight excluding hydrogens is 279 g/mol. The number of nitrogens with zero attached hydrogens (tertiary/aromatic N) is 2. The minimum Gasteiger partial charge on any atom is -0.497 e. The Hall–Kier alpha value is -2.05. The SMILES string of the molecule is COc1ccc(N2CCc3c(B(O)O)cc(C)nc32)c(C)c1. The zero-order chi connectivity index (χ0) is 15.9. The fourth-order valence-corrected chi connectivity index (χ4v) is 3.04. The van der Waals surface area contributed by atoms with E-state index in [1.165, 1.54) is 0 Å². The highest BCUT2D eigenvalue weighted by molar-refractivity contribution is 6.59. The number of benzene rings is 1. The van der Waals surface area contributed by atoms with Crippen LogP contribution in [0.5, 0.6) is 5.75 Å². The summed E-state index contributed by atoms with van der Waals surface area (Å²) in [4.78, 5) is 6.74. The van der Waals surface area contributed by atoms with Crippen molar-refractivity contribution in [1.82, 2.24) is 4.98 Å². The number of pyridine rings is 1. The molecule has 0 saturated heterocycles. The molecule has 6 heteroatoms. The first-order valence-corrected chi connectivity index (χ1v) is 7.30. The monoisotopic (exact) mass is 298 g/mol. The van der Waals surface area contributed by atoms with Crippen LogP contribution in [0.15, 0.2) is 24.3 Å². The van der Waals surface area contributed by atoms with Crippen LogP contribution < -0.4 is 15.1 Å². The Morgan fingerprint density at radius 2 is 2.00 bits per heavy atom. The van der Waals surface area contributed by atoms with Crippen LogP contribution in [0, 0.1) is 13.8 Å². The second-order valence-electron chi connectivity index (χ2n) is 5.58. The summed E-state index contributed by atoms with van der Waals surface area (Å²) in [6, 6.07) is 7.68. The van der Waals surface area contributed by atoms with Crippen LogP contribution in [0.1, 0.15) is 16.8 Å². The lowest BCUT2D eigenvalue weighted by atomic mass is 9.77. The van der Waals surface area contributed by atoms with Gasteiger partial charge < -0.3 is 19.7 Å². The number of anilines is 2. The number of hydrogen-bond acceptors (Lipinski definition) is 5. The molecule has 0 bridgehead atoms. The number of methoxy groups -OCH3 is 1. The van der Waals surface area contributed by atoms with Gasteiger partial charge in [0.2, 0.25) is 0 Å². The third-order valence-corrected chi connectivity index (χ3v) is 4.08. The van der Waals surface area contributed by atoms with Crippen molar-refractivity contribution in [2.45, 2.75) is 20.3 Å². The normalized spacial score (nSPS) is 13.2. The zero-order valence-corrected chi connectivity index (χ0v) is 13.0. The number of hydrogen-bond donors (Lipinski definition) is 2. The third-order valence-electron chi connectivity index (χ3n) is 4.08. The molecule has 0 aliphatic carbocycles. The molecule has 114 valence electrons. The summed E-state index contributed by atoms with van der Waals surface area (Å²) in [5.41, 5.74) is 4.41. The molecule has 2 aromatic rings. The van der Waals surface area contributed by atoms with Crippen molar-refractivity contribution in [1.29, 1.82) is 0 Å². The van der Waals surface area contributed by atoms with Gasteiger partial charge in [-0.25, -0.2) is 4.98 Å². The van der Waals surface area contributed by atoms with Gasteiger partial charge in [-0.15, -0.1) is 0 Å². The van der Waals surface area contributed by atoms with E-state index < -0.39 is 7.12 Å². The minimum atomic E-state index is -1.47. The van der Waals surface area contributed by atoms with E-state index in [1.54, 1.807) is 13.2 Å². The van der Waals surface area contributed by atoms with Gasteiger partial charge in [-0.3, -0.25) is 0 Å². The zero-order valence-electron chi connectivity index (χ0n) is 13.0. The summed E-state index contributed by atoms with van der Waals surface area (Å²) >= 11 is 0. The second kappa shape index (κ2) is 5.63. The number of aromatic nitrogens is 1. The summed E-state index contributed by atoms with van der Waals surface area (Å²) in [6.07, 6.45) is 0.751. The largest absolute Gasteiger partial charge is 0.497 e. The predicted molar refractivity (Wildman–Crippen MR) is 87.2 cm³/mol. The minimum absolute atomic E-state index is 0.552. The van der Waals surface area contributed by atoms with Crippen molar-refractivity contribution >= 4 is 24.1 Å². The molecule has 1 aromatic heterocycles. The molecule has 3 rings (SSSR count). The molecule has 1 aliphatic heterocycles. The van der Waals surface area contributed by atoms with E-state index in [-0.39, 0.29) is 0 Å². The van der Waals surface area contributed by atoms with E-state index in [9.17, 15) is 10.0 Å². The Morgan fingerprint density at radius 3 is 2.64 bits per heavy atom. The molecule has 0 unspecified atom stereocenters. The van der Waals surface area contributed by atoms with Gasteiger partial charge in [0.25, 0.3) is 0 Å². The molecule has 0 saturated carbocycles. The molecule has 2 heterocycles. The lowest BCUT2D eigenvalue weighted by Gasteiger charge is -2.22. The van der Waals surface area contributed by atoms with Crippen molar-refractivity contribution in [3.05, 3.63) is 41.1 Å². The quantitative estimate of drug-likeness (QED) is 0.830. The van der Waals surface area contributed by atoms with E-state index in [4.69, 9.17) is 4.74 Å². The summed E-state index contributed by atoms with van der Waals surface area (Å²) in [7, 11) is 0.187. The van der Waals surface area contributed by atoms with Crippen LogP contribution in [0.4, 0.5) is 11.5 Å². The lowest BCUT2D eigenvalue weighted by molar-refractivity contribution is 0.414. The third kappa shape index (κ3) is 2.44. The summed E-state index contributed by atoms with van der Waals surface area (Å²) < 4.78 is 5.25. The van der Waals surface area contributed by atoms with Crippen molar-refractivity contribution in [3.8, 4) is 5.75 Å². The molecular formula is C16H19BN2O3. The van der Waals surface area contributed by atoms with Gasteiger partial charge >= 0.3 is 7.12 Å². The van der Waals surface area contributed by atoms with Gasteiger partial charge in [-0.05, 0) is 61.1 Å². The van der Waals surface area contributed by atoms with Crippen molar-refractivity contribution < 1.29 is 14.8 Å². The molecule has 0 fully saturated rings. The van der Waals surface area contributed by atoms with Gasteiger partial charge in [0.05, 0.1) is 7.11 Å². The number of ether oxygens (including phenoxy) is 1. The first-order chi connectivity index (χ1) is 10.5. The summed E-state index contributed by atoms with van der Waals surface area (Å²) in [5.74, 6) is 1.64. The molecule has 5 nitrogen and oxygen atoms in total. The van der Waals surface area contributed by atoms with Crippen LogP contribution in [-0.4, -0.2) is 35.8 Å². The molecule has 1 aliphatic rings. The maximum atomic E-state index is 9.58. The fourth-order valence-electron chi connectivity index (χ4n) is 3.04. The standard InChI is InChI=1S/C16H19BN2O3/c1-10-8-12(22-3)4-5-15(10)19-7-6-13-14(17(20)21)9-11(2)18-16(13)19/h4-5,8-9,20-21H,6-7H2,1-3H3. The smallest absolute Gasteiger partial charge is 0.488 e. The molecule has 0 radical (unpaired) electrons. The van der Waals surface area contributed by atoms with Gasteiger partial charge in [-0.2, -0.15) is 0 Å². The van der Waals surface area contributed by atoms with Crippen LogP contribution in [0.2, 0.25) is 0 Å². The summed E-state index contributed by atoms with van der Waals surface area (Å²) in [5, 5.41) is 19.2. The summed E-state index contributed by atoms with van der Waals surface area (Å²) in [6.45, 7) is 4.68.